The minimum absolute atomic E-state index is 0.196. The summed E-state index contributed by atoms with van der Waals surface area (Å²) >= 11 is 0. The van der Waals surface area contributed by atoms with Crippen LogP contribution >= 0.6 is 0 Å². The zero-order valence-electron chi connectivity index (χ0n) is 9.57. The Hall–Kier alpha value is -1.23. The van der Waals surface area contributed by atoms with Gasteiger partial charge in [-0.15, -0.1) is 0 Å². The Labute approximate surface area is 90.1 Å². The monoisotopic (exact) mass is 212 g/mol. The first kappa shape index (κ1) is 11.8. The van der Waals surface area contributed by atoms with Crippen molar-refractivity contribution in [2.75, 3.05) is 11.5 Å². The molecule has 0 fully saturated rings. The van der Waals surface area contributed by atoms with Crippen LogP contribution in [0, 0.1) is 5.92 Å². The minimum Gasteiger partial charge on any atom is -0.394 e. The summed E-state index contributed by atoms with van der Waals surface area (Å²) in [5, 5.41) is 13.9. The highest BCUT2D eigenvalue weighted by Crippen LogP contribution is 2.20. The van der Waals surface area contributed by atoms with Gasteiger partial charge in [0, 0.05) is 0 Å². The third kappa shape index (κ3) is 2.41. The Morgan fingerprint density at radius 3 is 2.47 bits per heavy atom. The lowest BCUT2D eigenvalue weighted by Crippen LogP contribution is -2.23. The van der Waals surface area contributed by atoms with Gasteiger partial charge < -0.3 is 16.6 Å². The van der Waals surface area contributed by atoms with Crippen molar-refractivity contribution in [1.29, 1.82) is 0 Å². The van der Waals surface area contributed by atoms with E-state index in [4.69, 9.17) is 11.5 Å². The van der Waals surface area contributed by atoms with Crippen LogP contribution in [-0.2, 0) is 13.0 Å². The summed E-state index contributed by atoms with van der Waals surface area (Å²) in [7, 11) is 0. The zero-order valence-corrected chi connectivity index (χ0v) is 9.57. The van der Waals surface area contributed by atoms with Crippen LogP contribution in [-0.4, -0.2) is 21.0 Å². The van der Waals surface area contributed by atoms with Crippen LogP contribution in [0.1, 0.15) is 26.5 Å². The summed E-state index contributed by atoms with van der Waals surface area (Å²) in [6, 6.07) is 0. The zero-order chi connectivity index (χ0) is 11.6. The predicted molar refractivity (Wildman–Crippen MR) is 61.3 cm³/mol. The Balaban J connectivity index is 2.90. The average Bonchev–Trinajstić information content (AvgIpc) is 2.42. The number of nitrogen functional groups attached to an aromatic ring is 2. The molecule has 1 aromatic heterocycles. The first-order valence-electron chi connectivity index (χ1n) is 5.26. The van der Waals surface area contributed by atoms with Crippen molar-refractivity contribution in [3.8, 4) is 0 Å². The van der Waals surface area contributed by atoms with Crippen LogP contribution < -0.4 is 11.5 Å². The summed E-state index contributed by atoms with van der Waals surface area (Å²) in [5.74, 6) is 0.546. The number of aliphatic hydroxyl groups is 1. The molecule has 0 radical (unpaired) electrons. The molecular formula is C10H20N4O. The fraction of sp³-hybridized carbons (Fsp3) is 0.700. The lowest BCUT2D eigenvalue weighted by Gasteiger charge is -2.15. The van der Waals surface area contributed by atoms with Gasteiger partial charge >= 0.3 is 0 Å². The van der Waals surface area contributed by atoms with Gasteiger partial charge in [-0.1, -0.05) is 20.8 Å². The van der Waals surface area contributed by atoms with E-state index in [9.17, 15) is 5.11 Å². The lowest BCUT2D eigenvalue weighted by atomic mass is 10.1. The minimum atomic E-state index is -0.422. The smallest absolute Gasteiger partial charge is 0.169 e. The summed E-state index contributed by atoms with van der Waals surface area (Å²) in [5.41, 5.74) is 12.8. The normalized spacial score (nSPS) is 13.4. The number of aliphatic hydroxyl groups excluding tert-OH is 1. The van der Waals surface area contributed by atoms with Crippen molar-refractivity contribution < 1.29 is 5.11 Å². The second-order valence-corrected chi connectivity index (χ2v) is 4.09. The van der Waals surface area contributed by atoms with E-state index in [0.717, 1.165) is 12.1 Å². The third-order valence-corrected chi connectivity index (χ3v) is 2.59. The Morgan fingerprint density at radius 2 is 2.00 bits per heavy atom. The van der Waals surface area contributed by atoms with Crippen molar-refractivity contribution in [3.05, 3.63) is 5.69 Å². The van der Waals surface area contributed by atoms with Crippen LogP contribution in [0.25, 0.3) is 0 Å². The van der Waals surface area contributed by atoms with Gasteiger partial charge in [0.1, 0.15) is 0 Å². The molecule has 0 saturated carbocycles. The highest BCUT2D eigenvalue weighted by atomic mass is 16.3. The van der Waals surface area contributed by atoms with E-state index >= 15 is 0 Å². The van der Waals surface area contributed by atoms with E-state index in [1.165, 1.54) is 0 Å². The van der Waals surface area contributed by atoms with Crippen LogP contribution in [0.2, 0.25) is 0 Å². The Kier molecular flexibility index (Phi) is 3.57. The summed E-state index contributed by atoms with van der Waals surface area (Å²) in [4.78, 5) is 0. The molecule has 0 aliphatic rings. The standard InChI is InChI=1S/C10H20N4O/c1-4-7-9(11)10(12)13-14(7)5-8(15)6(2)3/h6,8,15H,4-5,11H2,1-3H3,(H2,12,13). The number of aromatic nitrogens is 2. The molecule has 1 aromatic rings. The van der Waals surface area contributed by atoms with Gasteiger partial charge in [0.05, 0.1) is 24.0 Å². The fourth-order valence-electron chi connectivity index (χ4n) is 1.44. The lowest BCUT2D eigenvalue weighted by molar-refractivity contribution is 0.102. The van der Waals surface area contributed by atoms with Crippen molar-refractivity contribution in [2.45, 2.75) is 39.8 Å². The summed E-state index contributed by atoms with van der Waals surface area (Å²) < 4.78 is 1.70. The quantitative estimate of drug-likeness (QED) is 0.682. The van der Waals surface area contributed by atoms with Crippen molar-refractivity contribution in [1.82, 2.24) is 9.78 Å². The SMILES string of the molecule is CCc1c(N)c(N)nn1CC(O)C(C)C. The number of nitrogens with two attached hydrogens (primary N) is 2. The van der Waals surface area contributed by atoms with Crippen LogP contribution in [0.5, 0.6) is 0 Å². The van der Waals surface area contributed by atoms with E-state index in [2.05, 4.69) is 5.10 Å². The molecule has 86 valence electrons. The molecule has 5 heteroatoms. The van der Waals surface area contributed by atoms with Crippen molar-refractivity contribution >= 4 is 11.5 Å². The first-order valence-corrected chi connectivity index (χ1v) is 5.26. The van der Waals surface area contributed by atoms with Crippen molar-refractivity contribution in [3.63, 3.8) is 0 Å². The second kappa shape index (κ2) is 4.53. The van der Waals surface area contributed by atoms with Gasteiger partial charge in [0.2, 0.25) is 0 Å². The van der Waals surface area contributed by atoms with E-state index < -0.39 is 6.10 Å². The van der Waals surface area contributed by atoms with E-state index in [1.54, 1.807) is 4.68 Å². The molecule has 0 spiro atoms. The maximum atomic E-state index is 9.76. The molecule has 15 heavy (non-hydrogen) atoms. The molecule has 0 aromatic carbocycles. The topological polar surface area (TPSA) is 90.1 Å². The third-order valence-electron chi connectivity index (χ3n) is 2.59. The van der Waals surface area contributed by atoms with E-state index in [-0.39, 0.29) is 5.92 Å². The highest BCUT2D eigenvalue weighted by molar-refractivity contribution is 5.61. The molecule has 1 rings (SSSR count). The summed E-state index contributed by atoms with van der Waals surface area (Å²) in [6.07, 6.45) is 0.343. The number of nitrogens with zero attached hydrogens (tertiary/aromatic N) is 2. The summed E-state index contributed by atoms with van der Waals surface area (Å²) in [6.45, 7) is 6.37. The highest BCUT2D eigenvalue weighted by Gasteiger charge is 2.16. The van der Waals surface area contributed by atoms with Crippen molar-refractivity contribution in [2.24, 2.45) is 5.92 Å². The van der Waals surface area contributed by atoms with Gasteiger partial charge in [-0.25, -0.2) is 0 Å². The predicted octanol–water partition coefficient (Wildman–Crippen LogP) is 0.627. The molecule has 1 atom stereocenters. The molecule has 5 N–H and O–H groups in total. The average molecular weight is 212 g/mol. The largest absolute Gasteiger partial charge is 0.394 e. The van der Waals surface area contributed by atoms with Gasteiger partial charge in [-0.2, -0.15) is 5.10 Å². The molecule has 1 heterocycles. The maximum absolute atomic E-state index is 9.76. The number of rotatable bonds is 4. The second-order valence-electron chi connectivity index (χ2n) is 4.09. The van der Waals surface area contributed by atoms with Gasteiger partial charge in [0.25, 0.3) is 0 Å². The fourth-order valence-corrected chi connectivity index (χ4v) is 1.44. The van der Waals surface area contributed by atoms with Crippen LogP contribution in [0.4, 0.5) is 11.5 Å². The number of hydrogen-bond acceptors (Lipinski definition) is 4. The maximum Gasteiger partial charge on any atom is 0.169 e. The molecule has 0 aliphatic heterocycles. The molecule has 0 saturated heterocycles. The molecule has 1 unspecified atom stereocenters. The Morgan fingerprint density at radius 1 is 1.40 bits per heavy atom. The van der Waals surface area contributed by atoms with Crippen LogP contribution in [0.3, 0.4) is 0 Å². The molecule has 5 nitrogen and oxygen atoms in total. The van der Waals surface area contributed by atoms with E-state index in [1.807, 2.05) is 20.8 Å². The molecule has 0 aliphatic carbocycles. The number of hydrogen-bond donors (Lipinski definition) is 3. The molecule has 0 amide bonds. The first-order chi connectivity index (χ1) is 6.97. The van der Waals surface area contributed by atoms with Gasteiger partial charge in [0.15, 0.2) is 5.82 Å². The van der Waals surface area contributed by atoms with E-state index in [0.29, 0.717) is 18.1 Å². The molecular weight excluding hydrogens is 192 g/mol. The molecule has 0 bridgehead atoms. The van der Waals surface area contributed by atoms with Gasteiger partial charge in [-0.05, 0) is 12.3 Å². The van der Waals surface area contributed by atoms with Gasteiger partial charge in [-0.3, -0.25) is 4.68 Å². The Bertz CT molecular complexity index is 332. The van der Waals surface area contributed by atoms with Crippen LogP contribution in [0.15, 0.2) is 0 Å². The number of anilines is 2.